The van der Waals surface area contributed by atoms with Crippen LogP contribution in [0.15, 0.2) is 0 Å². The third-order valence-corrected chi connectivity index (χ3v) is 2.38. The average Bonchev–Trinajstić information content (AvgIpc) is 2.13. The van der Waals surface area contributed by atoms with Crippen LogP contribution in [0.4, 0.5) is 35.1 Å². The summed E-state index contributed by atoms with van der Waals surface area (Å²) in [4.78, 5) is 0. The molecule has 0 saturated carbocycles. The van der Waals surface area contributed by atoms with E-state index >= 15 is 0 Å². The Hall–Kier alpha value is -0.690. The molecule has 2 atom stereocenters. The highest BCUT2D eigenvalue weighted by molar-refractivity contribution is 7.86. The van der Waals surface area contributed by atoms with E-state index < -0.39 is 40.1 Å². The first-order valence-electron chi connectivity index (χ1n) is 3.54. The van der Waals surface area contributed by atoms with Gasteiger partial charge in [0.15, 0.2) is 0 Å². The minimum atomic E-state index is -6.35. The third-order valence-electron chi connectivity index (χ3n) is 1.56. The molecule has 0 saturated heterocycles. The molecule has 0 aliphatic heterocycles. The van der Waals surface area contributed by atoms with E-state index in [0.717, 1.165) is 0 Å². The fraction of sp³-hybridized carbons (Fsp3) is 1.00. The Morgan fingerprint density at radius 1 is 0.889 bits per heavy atom. The maximum absolute atomic E-state index is 12.5. The minimum absolute atomic E-state index is 0. The average molecular weight is 313 g/mol. The number of alkyl halides is 8. The first-order chi connectivity index (χ1) is 7.26. The maximum atomic E-state index is 12.5. The molecule has 0 radical (unpaired) electrons. The fourth-order valence-corrected chi connectivity index (χ4v) is 1.21. The molecule has 0 amide bonds. The molecule has 0 bridgehead atoms. The van der Waals surface area contributed by atoms with Gasteiger partial charge in [0.25, 0.3) is 11.9 Å². The zero-order chi connectivity index (χ0) is 14.2. The van der Waals surface area contributed by atoms with Gasteiger partial charge in [-0.15, -0.1) is 0 Å². The number of hydrogen-bond donors (Lipinski definition) is 2. The highest BCUT2D eigenvalue weighted by atomic mass is 32.2. The smallest absolute Gasteiger partial charge is 0.344 e. The fourth-order valence-electron chi connectivity index (χ4n) is 0.680. The summed E-state index contributed by atoms with van der Waals surface area (Å²) in [7, 11) is -6.31. The molecule has 112 valence electrons. The van der Waals surface area contributed by atoms with Crippen molar-refractivity contribution in [2.75, 3.05) is 0 Å². The lowest BCUT2D eigenvalue weighted by molar-refractivity contribution is -0.268. The van der Waals surface area contributed by atoms with Crippen LogP contribution in [0.2, 0.25) is 0 Å². The Bertz CT molecular complexity index is 371. The molecule has 2 unspecified atom stereocenters. The number of hydrogen-bond acceptors (Lipinski definition) is 3. The molecular weight excluding hydrogens is 306 g/mol. The second-order valence-electron chi connectivity index (χ2n) is 2.81. The van der Waals surface area contributed by atoms with Gasteiger partial charge in [0.2, 0.25) is 6.17 Å². The first-order valence-corrected chi connectivity index (χ1v) is 5.04. The van der Waals surface area contributed by atoms with Crippen molar-refractivity contribution in [2.24, 2.45) is 0 Å². The van der Waals surface area contributed by atoms with Crippen LogP contribution >= 0.6 is 0 Å². The summed E-state index contributed by atoms with van der Waals surface area (Å²) in [6, 6.07) is 0. The number of halogens is 8. The topological polar surface area (TPSA) is 89.4 Å². The van der Waals surface area contributed by atoms with E-state index in [0.29, 0.717) is 0 Å². The molecule has 4 N–H and O–H groups in total. The van der Waals surface area contributed by atoms with Crippen LogP contribution in [0.1, 0.15) is 0 Å². The van der Waals surface area contributed by atoms with Gasteiger partial charge >= 0.3 is 22.0 Å². The SMILES string of the molecule is N.O=S(=O)(O)C(F)C(F)(F)C(F)(F)C(F)C(F)F. The van der Waals surface area contributed by atoms with Gasteiger partial charge in [-0.3, -0.25) is 4.55 Å². The summed E-state index contributed by atoms with van der Waals surface area (Å²) in [5.41, 5.74) is -4.93. The summed E-state index contributed by atoms with van der Waals surface area (Å²) >= 11 is 0. The third kappa shape index (κ3) is 3.41. The Morgan fingerprint density at radius 3 is 1.44 bits per heavy atom. The zero-order valence-electron chi connectivity index (χ0n) is 8.13. The molecule has 0 fully saturated rings. The minimum Gasteiger partial charge on any atom is -0.344 e. The summed E-state index contributed by atoms with van der Waals surface area (Å²) in [6.45, 7) is 0. The molecule has 4 nitrogen and oxygen atoms in total. The molecule has 0 aliphatic rings. The van der Waals surface area contributed by atoms with Crippen LogP contribution in [0.5, 0.6) is 0 Å². The summed E-state index contributed by atoms with van der Waals surface area (Å²) in [5.74, 6) is -12.7. The van der Waals surface area contributed by atoms with E-state index in [4.69, 9.17) is 4.55 Å². The second kappa shape index (κ2) is 5.52. The van der Waals surface area contributed by atoms with Crippen molar-refractivity contribution < 1.29 is 48.1 Å². The van der Waals surface area contributed by atoms with E-state index in [2.05, 4.69) is 0 Å². The van der Waals surface area contributed by atoms with Crippen LogP contribution in [-0.2, 0) is 10.1 Å². The molecule has 0 spiro atoms. The van der Waals surface area contributed by atoms with Gasteiger partial charge in [0.05, 0.1) is 0 Å². The van der Waals surface area contributed by atoms with Crippen LogP contribution in [-0.4, -0.2) is 42.9 Å². The van der Waals surface area contributed by atoms with Crippen molar-refractivity contribution in [3.05, 3.63) is 0 Å². The predicted octanol–water partition coefficient (Wildman–Crippen LogP) is 2.21. The molecule has 0 heterocycles. The molecule has 0 rings (SSSR count). The van der Waals surface area contributed by atoms with Crippen LogP contribution in [0, 0.1) is 0 Å². The molecule has 18 heavy (non-hydrogen) atoms. The van der Waals surface area contributed by atoms with Gasteiger partial charge < -0.3 is 6.15 Å². The van der Waals surface area contributed by atoms with Crippen molar-refractivity contribution in [3.63, 3.8) is 0 Å². The summed E-state index contributed by atoms with van der Waals surface area (Å²) in [5, 5.41) is 0. The van der Waals surface area contributed by atoms with Crippen molar-refractivity contribution in [3.8, 4) is 0 Å². The van der Waals surface area contributed by atoms with Crippen LogP contribution in [0.25, 0.3) is 0 Å². The maximum Gasteiger partial charge on any atom is 0.360 e. The largest absolute Gasteiger partial charge is 0.360 e. The van der Waals surface area contributed by atoms with Crippen molar-refractivity contribution in [2.45, 2.75) is 29.9 Å². The van der Waals surface area contributed by atoms with Crippen molar-refractivity contribution in [1.82, 2.24) is 6.15 Å². The van der Waals surface area contributed by atoms with Gasteiger partial charge in [-0.2, -0.15) is 26.0 Å². The molecule has 0 aromatic carbocycles. The van der Waals surface area contributed by atoms with Crippen molar-refractivity contribution in [1.29, 1.82) is 0 Å². The van der Waals surface area contributed by atoms with Gasteiger partial charge in [-0.05, 0) is 0 Å². The van der Waals surface area contributed by atoms with Crippen LogP contribution in [0.3, 0.4) is 0 Å². The Labute approximate surface area is 95.3 Å². The van der Waals surface area contributed by atoms with E-state index in [1.165, 1.54) is 0 Å². The molecule has 0 aromatic heterocycles. The Kier molecular flexibility index (Phi) is 6.03. The number of rotatable bonds is 5. The van der Waals surface area contributed by atoms with Gasteiger partial charge in [0, 0.05) is 0 Å². The lowest BCUT2D eigenvalue weighted by atomic mass is 10.1. The van der Waals surface area contributed by atoms with Crippen molar-refractivity contribution >= 4 is 10.1 Å². The molecule has 0 aliphatic carbocycles. The van der Waals surface area contributed by atoms with E-state index in [1.807, 2.05) is 0 Å². The second-order valence-corrected chi connectivity index (χ2v) is 4.26. The normalized spacial score (nSPS) is 17.2. The van der Waals surface area contributed by atoms with E-state index in [1.54, 1.807) is 0 Å². The van der Waals surface area contributed by atoms with Gasteiger partial charge in [-0.1, -0.05) is 0 Å². The summed E-state index contributed by atoms with van der Waals surface area (Å²) < 4.78 is 125. The molecular formula is C5H7F8NO3S. The predicted molar refractivity (Wildman–Crippen MR) is 42.3 cm³/mol. The highest BCUT2D eigenvalue weighted by Gasteiger charge is 2.71. The Balaban J connectivity index is 0. The lowest BCUT2D eigenvalue weighted by Crippen LogP contribution is -2.57. The quantitative estimate of drug-likeness (QED) is 0.601. The first kappa shape index (κ1) is 19.6. The monoisotopic (exact) mass is 313 g/mol. The lowest BCUT2D eigenvalue weighted by Gasteiger charge is -2.29. The van der Waals surface area contributed by atoms with E-state index in [9.17, 15) is 43.5 Å². The van der Waals surface area contributed by atoms with E-state index in [-0.39, 0.29) is 6.15 Å². The highest BCUT2D eigenvalue weighted by Crippen LogP contribution is 2.44. The standard InChI is InChI=1S/C5H4F8O3S.H3N/c6-1(2(7)8)4(10,11)5(12,13)3(9)17(14,15)16;/h1-3H,(H,14,15,16);1H3. The van der Waals surface area contributed by atoms with Crippen LogP contribution < -0.4 is 6.15 Å². The Morgan fingerprint density at radius 2 is 1.22 bits per heavy atom. The molecule has 13 heteroatoms. The molecule has 0 aromatic rings. The summed E-state index contributed by atoms with van der Waals surface area (Å²) in [6.07, 6.45) is -9.39. The van der Waals surface area contributed by atoms with Gasteiger partial charge in [0.1, 0.15) is 0 Å². The van der Waals surface area contributed by atoms with Gasteiger partial charge in [-0.25, -0.2) is 17.6 Å². The zero-order valence-corrected chi connectivity index (χ0v) is 8.95.